The molecule has 0 amide bonds. The van der Waals surface area contributed by atoms with E-state index in [-0.39, 0.29) is 0 Å². The zero-order chi connectivity index (χ0) is 17.5. The van der Waals surface area contributed by atoms with E-state index in [1.54, 1.807) is 7.11 Å². The molecule has 1 heterocycles. The summed E-state index contributed by atoms with van der Waals surface area (Å²) in [6, 6.07) is 20.4. The third kappa shape index (κ3) is 4.26. The molecule has 2 N–H and O–H groups in total. The molecule has 1 aromatic heterocycles. The quantitative estimate of drug-likeness (QED) is 0.687. The number of hydrogen-bond donors (Lipinski definition) is 1. The number of rotatable bonds is 8. The van der Waals surface area contributed by atoms with Gasteiger partial charge in [0.15, 0.2) is 0 Å². The maximum atomic E-state index is 5.82. The van der Waals surface area contributed by atoms with E-state index >= 15 is 0 Å². The third-order valence-electron chi connectivity index (χ3n) is 4.11. The molecule has 3 rings (SSSR count). The molecule has 0 saturated carbocycles. The third-order valence-corrected chi connectivity index (χ3v) is 4.11. The second-order valence-electron chi connectivity index (χ2n) is 5.89. The lowest BCUT2D eigenvalue weighted by Gasteiger charge is -2.22. The predicted molar refractivity (Wildman–Crippen MR) is 99.7 cm³/mol. The van der Waals surface area contributed by atoms with E-state index in [9.17, 15) is 0 Å². The first-order valence-corrected chi connectivity index (χ1v) is 8.44. The maximum absolute atomic E-state index is 5.82. The minimum atomic E-state index is 0.621. The summed E-state index contributed by atoms with van der Waals surface area (Å²) in [5.74, 6) is 0.806. The number of para-hydroxylation sites is 2. The van der Waals surface area contributed by atoms with E-state index in [1.807, 2.05) is 47.3 Å². The fourth-order valence-electron chi connectivity index (χ4n) is 2.94. The summed E-state index contributed by atoms with van der Waals surface area (Å²) in [5, 5.41) is 4.49. The van der Waals surface area contributed by atoms with Gasteiger partial charge in [-0.3, -0.25) is 4.90 Å². The van der Waals surface area contributed by atoms with Crippen LogP contribution in [0.1, 0.15) is 11.3 Å². The number of ether oxygens (including phenoxy) is 1. The number of methoxy groups -OCH3 is 1. The Labute approximate surface area is 148 Å². The van der Waals surface area contributed by atoms with E-state index < -0.39 is 0 Å². The monoisotopic (exact) mass is 336 g/mol. The number of aromatic nitrogens is 2. The van der Waals surface area contributed by atoms with Crippen molar-refractivity contribution in [2.75, 3.05) is 20.2 Å². The van der Waals surface area contributed by atoms with Gasteiger partial charge in [0, 0.05) is 32.4 Å². The maximum Gasteiger partial charge on any atom is 0.144 e. The van der Waals surface area contributed by atoms with Gasteiger partial charge in [-0.25, -0.2) is 4.68 Å². The van der Waals surface area contributed by atoms with Crippen molar-refractivity contribution in [1.82, 2.24) is 14.7 Å². The number of hydrogen-bond acceptors (Lipinski definition) is 4. The summed E-state index contributed by atoms with van der Waals surface area (Å²) in [6.45, 7) is 3.07. The molecule has 2 aromatic carbocycles. The van der Waals surface area contributed by atoms with Gasteiger partial charge in [-0.2, -0.15) is 5.10 Å². The minimum Gasteiger partial charge on any atom is -0.494 e. The minimum absolute atomic E-state index is 0.621. The van der Waals surface area contributed by atoms with E-state index in [4.69, 9.17) is 10.5 Å². The zero-order valence-corrected chi connectivity index (χ0v) is 14.5. The SMILES string of the molecule is COc1ccccc1-n1nccc1CN(CCN)Cc1ccccc1. The van der Waals surface area contributed by atoms with Crippen LogP contribution < -0.4 is 10.5 Å². The lowest BCUT2D eigenvalue weighted by Crippen LogP contribution is -2.29. The van der Waals surface area contributed by atoms with Crippen LogP contribution in [0.3, 0.4) is 0 Å². The summed E-state index contributed by atoms with van der Waals surface area (Å²) >= 11 is 0. The van der Waals surface area contributed by atoms with Crippen molar-refractivity contribution in [3.63, 3.8) is 0 Å². The molecular formula is C20H24N4O. The molecule has 0 saturated heterocycles. The Morgan fingerprint density at radius 3 is 2.52 bits per heavy atom. The Morgan fingerprint density at radius 1 is 1.00 bits per heavy atom. The lowest BCUT2D eigenvalue weighted by molar-refractivity contribution is 0.258. The van der Waals surface area contributed by atoms with Gasteiger partial charge >= 0.3 is 0 Å². The van der Waals surface area contributed by atoms with Crippen LogP contribution in [0.4, 0.5) is 0 Å². The van der Waals surface area contributed by atoms with Gasteiger partial charge in [0.25, 0.3) is 0 Å². The lowest BCUT2D eigenvalue weighted by atomic mass is 10.2. The molecule has 25 heavy (non-hydrogen) atoms. The Kier molecular flexibility index (Phi) is 5.82. The Balaban J connectivity index is 1.83. The fourth-order valence-corrected chi connectivity index (χ4v) is 2.94. The molecule has 3 aromatic rings. The van der Waals surface area contributed by atoms with Gasteiger partial charge in [0.1, 0.15) is 11.4 Å². The Hall–Kier alpha value is -2.63. The van der Waals surface area contributed by atoms with Crippen LogP contribution in [0.2, 0.25) is 0 Å². The van der Waals surface area contributed by atoms with E-state index in [2.05, 4.69) is 34.3 Å². The van der Waals surface area contributed by atoms with Gasteiger partial charge < -0.3 is 10.5 Å². The summed E-state index contributed by atoms with van der Waals surface area (Å²) in [4.78, 5) is 2.33. The molecule has 0 fully saturated rings. The van der Waals surface area contributed by atoms with Crippen LogP contribution in [-0.4, -0.2) is 34.9 Å². The van der Waals surface area contributed by atoms with Gasteiger partial charge in [-0.15, -0.1) is 0 Å². The zero-order valence-electron chi connectivity index (χ0n) is 14.5. The second-order valence-corrected chi connectivity index (χ2v) is 5.89. The van der Waals surface area contributed by atoms with Crippen molar-refractivity contribution >= 4 is 0 Å². The average Bonchev–Trinajstić information content (AvgIpc) is 3.10. The van der Waals surface area contributed by atoms with Gasteiger partial charge in [-0.1, -0.05) is 42.5 Å². The fraction of sp³-hybridized carbons (Fsp3) is 0.250. The van der Waals surface area contributed by atoms with Crippen LogP contribution in [-0.2, 0) is 13.1 Å². The molecule has 0 aliphatic rings. The summed E-state index contributed by atoms with van der Waals surface area (Å²) in [6.07, 6.45) is 1.82. The van der Waals surface area contributed by atoms with Crippen LogP contribution in [0, 0.1) is 0 Å². The van der Waals surface area contributed by atoms with Gasteiger partial charge in [0.2, 0.25) is 0 Å². The van der Waals surface area contributed by atoms with Crippen LogP contribution in [0.15, 0.2) is 66.9 Å². The largest absolute Gasteiger partial charge is 0.494 e. The first-order chi connectivity index (χ1) is 12.3. The van der Waals surface area contributed by atoms with Crippen LogP contribution in [0.25, 0.3) is 5.69 Å². The van der Waals surface area contributed by atoms with Crippen molar-refractivity contribution in [1.29, 1.82) is 0 Å². The van der Waals surface area contributed by atoms with E-state index in [1.165, 1.54) is 5.56 Å². The van der Waals surface area contributed by atoms with Crippen molar-refractivity contribution in [2.45, 2.75) is 13.1 Å². The van der Waals surface area contributed by atoms with Gasteiger partial charge in [-0.05, 0) is 23.8 Å². The summed E-state index contributed by atoms with van der Waals surface area (Å²) in [7, 11) is 1.68. The highest BCUT2D eigenvalue weighted by Crippen LogP contribution is 2.23. The highest BCUT2D eigenvalue weighted by molar-refractivity contribution is 5.46. The van der Waals surface area contributed by atoms with Crippen LogP contribution in [0.5, 0.6) is 5.75 Å². The Morgan fingerprint density at radius 2 is 1.76 bits per heavy atom. The number of nitrogens with two attached hydrogens (primary N) is 1. The molecule has 5 nitrogen and oxygen atoms in total. The highest BCUT2D eigenvalue weighted by Gasteiger charge is 2.13. The molecule has 0 unspecified atom stereocenters. The number of benzene rings is 2. The molecule has 5 heteroatoms. The summed E-state index contributed by atoms with van der Waals surface area (Å²) < 4.78 is 7.42. The average molecular weight is 336 g/mol. The van der Waals surface area contributed by atoms with Crippen molar-refractivity contribution in [3.8, 4) is 11.4 Å². The standard InChI is InChI=1S/C20H24N4O/c1-25-20-10-6-5-9-19(20)24-18(11-13-22-24)16-23(14-12-21)15-17-7-3-2-4-8-17/h2-11,13H,12,14-16,21H2,1H3. The number of nitrogens with zero attached hydrogens (tertiary/aromatic N) is 3. The highest BCUT2D eigenvalue weighted by atomic mass is 16.5. The van der Waals surface area contributed by atoms with Crippen LogP contribution >= 0.6 is 0 Å². The molecule has 0 bridgehead atoms. The normalized spacial score (nSPS) is 11.0. The van der Waals surface area contributed by atoms with E-state index in [0.717, 1.165) is 36.8 Å². The smallest absolute Gasteiger partial charge is 0.144 e. The topological polar surface area (TPSA) is 56.3 Å². The molecule has 130 valence electrons. The van der Waals surface area contributed by atoms with Gasteiger partial charge in [0.05, 0.1) is 12.8 Å². The first-order valence-electron chi connectivity index (χ1n) is 8.44. The molecular weight excluding hydrogens is 312 g/mol. The predicted octanol–water partition coefficient (Wildman–Crippen LogP) is 2.84. The second kappa shape index (κ2) is 8.46. The van der Waals surface area contributed by atoms with E-state index in [0.29, 0.717) is 6.54 Å². The molecule has 0 spiro atoms. The molecule has 0 aliphatic heterocycles. The van der Waals surface area contributed by atoms with Crippen molar-refractivity contribution < 1.29 is 4.74 Å². The van der Waals surface area contributed by atoms with Crippen molar-refractivity contribution in [3.05, 3.63) is 78.1 Å². The molecule has 0 aliphatic carbocycles. The Bertz CT molecular complexity index is 785. The molecule has 0 atom stereocenters. The van der Waals surface area contributed by atoms with Crippen molar-refractivity contribution in [2.24, 2.45) is 5.73 Å². The summed E-state index contributed by atoms with van der Waals surface area (Å²) in [5.41, 5.74) is 9.15. The molecule has 0 radical (unpaired) electrons. The first kappa shape index (κ1) is 17.2.